The maximum absolute atomic E-state index is 13.3. The first kappa shape index (κ1) is 28.7. The Kier molecular flexibility index (Phi) is 8.39. The van der Waals surface area contributed by atoms with E-state index in [0.29, 0.717) is 32.5 Å². The van der Waals surface area contributed by atoms with Crippen molar-refractivity contribution in [3.63, 3.8) is 0 Å². The number of nitro groups is 1. The van der Waals surface area contributed by atoms with Gasteiger partial charge in [0.05, 0.1) is 4.92 Å². The number of nitrogens with one attached hydrogen (secondary N) is 1. The van der Waals surface area contributed by atoms with Crippen molar-refractivity contribution in [2.24, 2.45) is 0 Å². The van der Waals surface area contributed by atoms with E-state index < -0.39 is 22.4 Å². The summed E-state index contributed by atoms with van der Waals surface area (Å²) in [5.41, 5.74) is 0.529. The number of piperazine rings is 1. The van der Waals surface area contributed by atoms with Crippen LogP contribution in [0.1, 0.15) is 44.7 Å². The van der Waals surface area contributed by atoms with Crippen LogP contribution in [-0.2, 0) is 16.4 Å². The van der Waals surface area contributed by atoms with Crippen LogP contribution in [0.25, 0.3) is 0 Å². The number of carbonyl (C=O) groups excluding carboxylic acids is 1. The summed E-state index contributed by atoms with van der Waals surface area (Å²) in [6.07, 6.45) is -3.85. The molecule has 0 bridgehead atoms. The Balaban J connectivity index is 1.22. The molecule has 2 fully saturated rings. The zero-order valence-electron chi connectivity index (χ0n) is 22.6. The van der Waals surface area contributed by atoms with Crippen LogP contribution in [0.2, 0.25) is 0 Å². The number of hydrogen-bond acceptors (Lipinski definition) is 6. The van der Waals surface area contributed by atoms with Crippen molar-refractivity contribution in [1.82, 2.24) is 9.80 Å². The van der Waals surface area contributed by atoms with Crippen molar-refractivity contribution in [2.75, 3.05) is 56.0 Å². The molecule has 0 unspecified atom stereocenters. The minimum absolute atomic E-state index is 0.0270. The van der Waals surface area contributed by atoms with Gasteiger partial charge >= 0.3 is 6.18 Å². The van der Waals surface area contributed by atoms with E-state index in [1.807, 2.05) is 0 Å². The van der Waals surface area contributed by atoms with E-state index in [0.717, 1.165) is 38.3 Å². The van der Waals surface area contributed by atoms with Crippen LogP contribution in [0.3, 0.4) is 0 Å². The molecule has 2 aromatic rings. The number of nitrogens with zero attached hydrogens (tertiary/aromatic N) is 4. The van der Waals surface area contributed by atoms with Gasteiger partial charge in [0, 0.05) is 75.7 Å². The zero-order chi connectivity index (χ0) is 28.4. The first-order chi connectivity index (χ1) is 18.3. The average Bonchev–Trinajstić information content (AvgIpc) is 3.35. The number of anilines is 2. The van der Waals surface area contributed by atoms with Gasteiger partial charge in [-0.1, -0.05) is 32.9 Å². The van der Waals surface area contributed by atoms with Crippen LogP contribution in [0.5, 0.6) is 0 Å². The predicted octanol–water partition coefficient (Wildman–Crippen LogP) is 5.14. The molecule has 1 N–H and O–H groups in total. The highest BCUT2D eigenvalue weighted by atomic mass is 19.4. The smallest absolute Gasteiger partial charge is 0.380 e. The Morgan fingerprint density at radius 1 is 1.03 bits per heavy atom. The molecule has 0 spiro atoms. The number of alkyl halides is 3. The van der Waals surface area contributed by atoms with Gasteiger partial charge in [-0.2, -0.15) is 13.2 Å². The highest BCUT2D eigenvalue weighted by molar-refractivity contribution is 5.77. The molecular weight excluding hydrogens is 511 g/mol. The number of rotatable bonds is 7. The third-order valence-corrected chi connectivity index (χ3v) is 7.52. The largest absolute Gasteiger partial charge is 0.423 e. The molecule has 11 heteroatoms. The van der Waals surface area contributed by atoms with E-state index in [9.17, 15) is 28.1 Å². The molecule has 2 saturated heterocycles. The summed E-state index contributed by atoms with van der Waals surface area (Å²) in [6, 6.07) is 11.4. The number of hydrogen-bond donors (Lipinski definition) is 1. The summed E-state index contributed by atoms with van der Waals surface area (Å²) in [4.78, 5) is 29.2. The quantitative estimate of drug-likeness (QED) is 0.382. The second-order valence-electron chi connectivity index (χ2n) is 11.3. The number of halogens is 3. The SMILES string of the molecule is CC(C)(C)c1ccc(N2CCN(CCC(=O)N3CC[C@H](Nc4ccc([N+](=O)[O-])c(C(F)(F)F)c4)C3)CC2)cc1. The van der Waals surface area contributed by atoms with Crippen LogP contribution in [0.15, 0.2) is 42.5 Å². The number of benzene rings is 2. The lowest BCUT2D eigenvalue weighted by atomic mass is 9.87. The molecule has 4 rings (SSSR count). The van der Waals surface area contributed by atoms with Gasteiger partial charge < -0.3 is 15.1 Å². The summed E-state index contributed by atoms with van der Waals surface area (Å²) >= 11 is 0. The molecule has 2 heterocycles. The molecule has 39 heavy (non-hydrogen) atoms. The van der Waals surface area contributed by atoms with Gasteiger partial charge in [-0.05, 0) is 41.7 Å². The van der Waals surface area contributed by atoms with E-state index >= 15 is 0 Å². The van der Waals surface area contributed by atoms with Crippen LogP contribution in [-0.4, -0.2) is 72.5 Å². The summed E-state index contributed by atoms with van der Waals surface area (Å²) < 4.78 is 39.8. The van der Waals surface area contributed by atoms with E-state index in [-0.39, 0.29) is 23.1 Å². The summed E-state index contributed by atoms with van der Waals surface area (Å²) in [6.45, 7) is 11.7. The fourth-order valence-corrected chi connectivity index (χ4v) is 5.17. The second-order valence-corrected chi connectivity index (χ2v) is 11.3. The van der Waals surface area contributed by atoms with Crippen molar-refractivity contribution < 1.29 is 22.9 Å². The summed E-state index contributed by atoms with van der Waals surface area (Å²) in [5.74, 6) is 0.0270. The molecule has 212 valence electrons. The third-order valence-electron chi connectivity index (χ3n) is 7.52. The highest BCUT2D eigenvalue weighted by Gasteiger charge is 2.38. The Hall–Kier alpha value is -3.34. The number of carbonyl (C=O) groups is 1. The maximum Gasteiger partial charge on any atom is 0.423 e. The predicted molar refractivity (Wildman–Crippen MR) is 145 cm³/mol. The standard InChI is InChI=1S/C28H36F3N5O3/c1-27(2,3)20-4-7-23(8-5-20)34-16-14-33(15-17-34)12-11-26(37)35-13-10-22(19-35)32-21-6-9-25(36(38)39)24(18-21)28(29,30)31/h4-9,18,22,32H,10-17,19H2,1-3H3/t22-/m0/s1. The number of likely N-dealkylation sites (tertiary alicyclic amines) is 1. The van der Waals surface area contributed by atoms with Crippen molar-refractivity contribution in [3.8, 4) is 0 Å². The number of nitro benzene ring substituents is 1. The van der Waals surface area contributed by atoms with E-state index in [2.05, 4.69) is 60.2 Å². The third kappa shape index (κ3) is 7.20. The van der Waals surface area contributed by atoms with Crippen LogP contribution in [0, 0.1) is 10.1 Å². The molecule has 0 saturated carbocycles. The monoisotopic (exact) mass is 547 g/mol. The van der Waals surface area contributed by atoms with Crippen molar-refractivity contribution in [1.29, 1.82) is 0 Å². The first-order valence-corrected chi connectivity index (χ1v) is 13.3. The van der Waals surface area contributed by atoms with Gasteiger partial charge in [-0.15, -0.1) is 0 Å². The van der Waals surface area contributed by atoms with Crippen molar-refractivity contribution in [2.45, 2.75) is 51.2 Å². The van der Waals surface area contributed by atoms with E-state index in [4.69, 9.17) is 0 Å². The Morgan fingerprint density at radius 2 is 1.69 bits per heavy atom. The van der Waals surface area contributed by atoms with Gasteiger partial charge in [0.1, 0.15) is 5.56 Å². The summed E-state index contributed by atoms with van der Waals surface area (Å²) in [5, 5.41) is 14.0. The lowest BCUT2D eigenvalue weighted by Crippen LogP contribution is -2.47. The molecule has 1 atom stereocenters. The van der Waals surface area contributed by atoms with Gasteiger partial charge in [-0.25, -0.2) is 0 Å². The normalized spacial score (nSPS) is 18.9. The van der Waals surface area contributed by atoms with Crippen LogP contribution >= 0.6 is 0 Å². The zero-order valence-corrected chi connectivity index (χ0v) is 22.6. The topological polar surface area (TPSA) is 82.0 Å². The molecule has 2 aliphatic heterocycles. The molecule has 0 radical (unpaired) electrons. The second kappa shape index (κ2) is 11.4. The lowest BCUT2D eigenvalue weighted by molar-refractivity contribution is -0.388. The fraction of sp³-hybridized carbons (Fsp3) is 0.536. The maximum atomic E-state index is 13.3. The van der Waals surface area contributed by atoms with Crippen LogP contribution < -0.4 is 10.2 Å². The Bertz CT molecular complexity index is 1170. The molecule has 0 aliphatic carbocycles. The minimum Gasteiger partial charge on any atom is -0.380 e. The van der Waals surface area contributed by atoms with Crippen molar-refractivity contribution >= 4 is 23.0 Å². The molecular formula is C28H36F3N5O3. The number of amides is 1. The molecule has 2 aromatic carbocycles. The van der Waals surface area contributed by atoms with Gasteiger partial charge in [0.15, 0.2) is 0 Å². The van der Waals surface area contributed by atoms with Crippen molar-refractivity contribution in [3.05, 3.63) is 63.7 Å². The van der Waals surface area contributed by atoms with Gasteiger partial charge in [0.25, 0.3) is 5.69 Å². The summed E-state index contributed by atoms with van der Waals surface area (Å²) in [7, 11) is 0. The molecule has 0 aromatic heterocycles. The first-order valence-electron chi connectivity index (χ1n) is 13.3. The van der Waals surface area contributed by atoms with Gasteiger partial charge in [0.2, 0.25) is 5.91 Å². The fourth-order valence-electron chi connectivity index (χ4n) is 5.17. The Labute approximate surface area is 226 Å². The Morgan fingerprint density at radius 3 is 2.28 bits per heavy atom. The molecule has 1 amide bonds. The minimum atomic E-state index is -4.83. The highest BCUT2D eigenvalue weighted by Crippen LogP contribution is 2.38. The van der Waals surface area contributed by atoms with E-state index in [1.165, 1.54) is 17.3 Å². The van der Waals surface area contributed by atoms with Crippen LogP contribution in [0.4, 0.5) is 30.2 Å². The average molecular weight is 548 g/mol. The molecule has 2 aliphatic rings. The lowest BCUT2D eigenvalue weighted by Gasteiger charge is -2.36. The molecule has 8 nitrogen and oxygen atoms in total. The van der Waals surface area contributed by atoms with E-state index in [1.54, 1.807) is 4.90 Å². The van der Waals surface area contributed by atoms with Gasteiger partial charge in [-0.3, -0.25) is 19.8 Å².